The molecule has 0 spiro atoms. The van der Waals surface area contributed by atoms with Crippen molar-refractivity contribution < 1.29 is 9.59 Å². The van der Waals surface area contributed by atoms with Crippen LogP contribution in [0.2, 0.25) is 0 Å². The number of likely N-dealkylation sites (tertiary alicyclic amines) is 1. The van der Waals surface area contributed by atoms with Gasteiger partial charge in [-0.3, -0.25) is 9.59 Å². The van der Waals surface area contributed by atoms with Crippen LogP contribution < -0.4 is 11.1 Å². The van der Waals surface area contributed by atoms with Crippen molar-refractivity contribution in [3.8, 4) is 0 Å². The van der Waals surface area contributed by atoms with E-state index in [1.54, 1.807) is 0 Å². The van der Waals surface area contributed by atoms with Crippen molar-refractivity contribution >= 4 is 11.8 Å². The molecule has 3 rings (SSSR count). The Morgan fingerprint density at radius 3 is 2.31 bits per heavy atom. The molecular weight excluding hydrogens is 326 g/mol. The molecule has 26 heavy (non-hydrogen) atoms. The number of rotatable bonds is 5. The first kappa shape index (κ1) is 18.1. The Bertz CT molecular complexity index is 748. The molecule has 5 heteroatoms. The van der Waals surface area contributed by atoms with E-state index < -0.39 is 0 Å². The SMILES string of the molecule is CC(=O)NC(CC(=O)N1C[C@@H](N)[C@H](c2ccccc2)C1)c1ccccc1. The molecule has 5 nitrogen and oxygen atoms in total. The van der Waals surface area contributed by atoms with E-state index in [4.69, 9.17) is 5.73 Å². The van der Waals surface area contributed by atoms with Crippen molar-refractivity contribution in [2.75, 3.05) is 13.1 Å². The highest BCUT2D eigenvalue weighted by Crippen LogP contribution is 2.28. The van der Waals surface area contributed by atoms with E-state index in [9.17, 15) is 9.59 Å². The standard InChI is InChI=1S/C21H25N3O2/c1-15(25)23-20(17-10-6-3-7-11-17)12-21(26)24-13-18(19(22)14-24)16-8-4-2-5-9-16/h2-11,18-20H,12-14,22H2,1H3,(H,23,25)/t18-,19+,20?/m0/s1. The van der Waals surface area contributed by atoms with Crippen LogP contribution in [-0.2, 0) is 9.59 Å². The number of carbonyl (C=O) groups is 2. The summed E-state index contributed by atoms with van der Waals surface area (Å²) < 4.78 is 0. The topological polar surface area (TPSA) is 75.4 Å². The minimum atomic E-state index is -0.326. The number of benzene rings is 2. The lowest BCUT2D eigenvalue weighted by molar-refractivity contribution is -0.131. The third kappa shape index (κ3) is 4.29. The Morgan fingerprint density at radius 2 is 1.69 bits per heavy atom. The van der Waals surface area contributed by atoms with Crippen LogP contribution in [0.1, 0.15) is 36.4 Å². The van der Waals surface area contributed by atoms with E-state index in [1.165, 1.54) is 6.92 Å². The summed E-state index contributed by atoms with van der Waals surface area (Å²) in [4.78, 5) is 26.2. The zero-order chi connectivity index (χ0) is 18.5. The summed E-state index contributed by atoms with van der Waals surface area (Å²) in [5, 5.41) is 2.89. The summed E-state index contributed by atoms with van der Waals surface area (Å²) in [5.74, 6) is 0.0181. The summed E-state index contributed by atoms with van der Waals surface area (Å²) in [7, 11) is 0. The van der Waals surface area contributed by atoms with Crippen molar-refractivity contribution in [3.63, 3.8) is 0 Å². The van der Waals surface area contributed by atoms with Gasteiger partial charge in [0.2, 0.25) is 11.8 Å². The Balaban J connectivity index is 1.69. The van der Waals surface area contributed by atoms with Gasteiger partial charge in [-0.15, -0.1) is 0 Å². The van der Waals surface area contributed by atoms with Gasteiger partial charge in [0.1, 0.15) is 0 Å². The first-order valence-corrected chi connectivity index (χ1v) is 8.95. The van der Waals surface area contributed by atoms with Crippen molar-refractivity contribution in [3.05, 3.63) is 71.8 Å². The molecule has 0 aromatic heterocycles. The van der Waals surface area contributed by atoms with Crippen LogP contribution in [0.4, 0.5) is 0 Å². The fraction of sp³-hybridized carbons (Fsp3) is 0.333. The molecule has 2 amide bonds. The lowest BCUT2D eigenvalue weighted by Gasteiger charge is -2.22. The number of nitrogens with zero attached hydrogens (tertiary/aromatic N) is 1. The predicted molar refractivity (Wildman–Crippen MR) is 101 cm³/mol. The average molecular weight is 351 g/mol. The molecule has 1 unspecified atom stereocenters. The normalized spacial score (nSPS) is 20.6. The van der Waals surface area contributed by atoms with Crippen LogP contribution >= 0.6 is 0 Å². The van der Waals surface area contributed by atoms with Gasteiger partial charge in [0, 0.05) is 32.0 Å². The van der Waals surface area contributed by atoms with Gasteiger partial charge in [-0.05, 0) is 11.1 Å². The molecule has 0 aliphatic carbocycles. The van der Waals surface area contributed by atoms with Crippen molar-refractivity contribution in [2.24, 2.45) is 5.73 Å². The van der Waals surface area contributed by atoms with E-state index in [2.05, 4.69) is 17.4 Å². The number of hydrogen-bond acceptors (Lipinski definition) is 3. The van der Waals surface area contributed by atoms with E-state index in [0.717, 1.165) is 11.1 Å². The zero-order valence-corrected chi connectivity index (χ0v) is 15.0. The first-order valence-electron chi connectivity index (χ1n) is 8.95. The number of nitrogens with two attached hydrogens (primary N) is 1. The third-order valence-electron chi connectivity index (χ3n) is 4.90. The quantitative estimate of drug-likeness (QED) is 0.867. The molecular formula is C21H25N3O2. The summed E-state index contributed by atoms with van der Waals surface area (Å²) in [6.07, 6.45) is 0.234. The van der Waals surface area contributed by atoms with Crippen LogP contribution in [0.5, 0.6) is 0 Å². The maximum absolute atomic E-state index is 12.9. The molecule has 0 bridgehead atoms. The van der Waals surface area contributed by atoms with Gasteiger partial charge in [-0.1, -0.05) is 60.7 Å². The minimum Gasteiger partial charge on any atom is -0.349 e. The third-order valence-corrected chi connectivity index (χ3v) is 4.90. The van der Waals surface area contributed by atoms with E-state index >= 15 is 0 Å². The van der Waals surface area contributed by atoms with Crippen LogP contribution in [0.25, 0.3) is 0 Å². The smallest absolute Gasteiger partial charge is 0.225 e. The Kier molecular flexibility index (Phi) is 5.68. The monoisotopic (exact) mass is 351 g/mol. The number of amides is 2. The maximum Gasteiger partial charge on any atom is 0.225 e. The molecule has 1 aliphatic rings. The second-order valence-electron chi connectivity index (χ2n) is 6.85. The Hall–Kier alpha value is -2.66. The average Bonchev–Trinajstić information content (AvgIpc) is 3.04. The molecule has 0 radical (unpaired) electrons. The molecule has 1 heterocycles. The van der Waals surface area contributed by atoms with Gasteiger partial charge in [0.15, 0.2) is 0 Å². The van der Waals surface area contributed by atoms with Gasteiger partial charge >= 0.3 is 0 Å². The van der Waals surface area contributed by atoms with E-state index in [0.29, 0.717) is 13.1 Å². The highest BCUT2D eigenvalue weighted by molar-refractivity contribution is 5.79. The van der Waals surface area contributed by atoms with Gasteiger partial charge in [0.25, 0.3) is 0 Å². The molecule has 3 atom stereocenters. The molecule has 0 saturated carbocycles. The van der Waals surface area contributed by atoms with Crippen LogP contribution in [0, 0.1) is 0 Å². The zero-order valence-electron chi connectivity index (χ0n) is 15.0. The second kappa shape index (κ2) is 8.15. The minimum absolute atomic E-state index is 0.0153. The number of nitrogens with one attached hydrogen (secondary N) is 1. The highest BCUT2D eigenvalue weighted by atomic mass is 16.2. The molecule has 2 aromatic rings. The highest BCUT2D eigenvalue weighted by Gasteiger charge is 2.34. The van der Waals surface area contributed by atoms with Crippen LogP contribution in [0.3, 0.4) is 0 Å². The van der Waals surface area contributed by atoms with Gasteiger partial charge in [0.05, 0.1) is 12.5 Å². The van der Waals surface area contributed by atoms with E-state index in [-0.39, 0.29) is 36.2 Å². The predicted octanol–water partition coefficient (Wildman–Crippen LogP) is 2.21. The largest absolute Gasteiger partial charge is 0.349 e. The molecule has 1 saturated heterocycles. The van der Waals surface area contributed by atoms with Gasteiger partial charge in [-0.2, -0.15) is 0 Å². The van der Waals surface area contributed by atoms with Crippen LogP contribution in [-0.4, -0.2) is 35.8 Å². The van der Waals surface area contributed by atoms with Gasteiger partial charge < -0.3 is 16.0 Å². The fourth-order valence-corrected chi connectivity index (χ4v) is 3.57. The number of carbonyl (C=O) groups excluding carboxylic acids is 2. The Labute approximate surface area is 154 Å². The molecule has 1 fully saturated rings. The lowest BCUT2D eigenvalue weighted by atomic mass is 9.95. The van der Waals surface area contributed by atoms with Crippen LogP contribution in [0.15, 0.2) is 60.7 Å². The number of hydrogen-bond donors (Lipinski definition) is 2. The Morgan fingerprint density at radius 1 is 1.08 bits per heavy atom. The molecule has 136 valence electrons. The summed E-state index contributed by atoms with van der Waals surface area (Å²) in [6.45, 7) is 2.63. The molecule has 1 aliphatic heterocycles. The summed E-state index contributed by atoms with van der Waals surface area (Å²) in [5.41, 5.74) is 8.39. The lowest BCUT2D eigenvalue weighted by Crippen LogP contribution is -2.36. The molecule has 2 aromatic carbocycles. The second-order valence-corrected chi connectivity index (χ2v) is 6.85. The summed E-state index contributed by atoms with van der Waals surface area (Å²) in [6, 6.07) is 19.3. The molecule has 3 N–H and O–H groups in total. The van der Waals surface area contributed by atoms with Crippen molar-refractivity contribution in [2.45, 2.75) is 31.3 Å². The fourth-order valence-electron chi connectivity index (χ4n) is 3.57. The maximum atomic E-state index is 12.9. The van der Waals surface area contributed by atoms with Gasteiger partial charge in [-0.25, -0.2) is 0 Å². The van der Waals surface area contributed by atoms with E-state index in [1.807, 2.05) is 53.4 Å². The van der Waals surface area contributed by atoms with Crippen molar-refractivity contribution in [1.29, 1.82) is 0 Å². The first-order chi connectivity index (χ1) is 12.5. The van der Waals surface area contributed by atoms with Crippen molar-refractivity contribution in [1.82, 2.24) is 10.2 Å². The summed E-state index contributed by atoms with van der Waals surface area (Å²) >= 11 is 0.